The molecule has 0 bridgehead atoms. The van der Waals surface area contributed by atoms with Gasteiger partial charge in [0.15, 0.2) is 0 Å². The maximum atomic E-state index is 9.53. The largest absolute Gasteiger partial charge is 0.508 e. The number of phenols is 1. The average molecular weight is 339 g/mol. The number of hydrogen-bond acceptors (Lipinski definition) is 2. The molecular formula is C22H17N3O. The zero-order valence-corrected chi connectivity index (χ0v) is 14.3. The number of pyridine rings is 1. The number of fused-ring (bicyclic) bond motifs is 2. The van der Waals surface area contributed by atoms with Gasteiger partial charge in [-0.2, -0.15) is 0 Å². The Morgan fingerprint density at radius 3 is 2.58 bits per heavy atom. The number of aryl methyl sites for hydroxylation is 1. The minimum absolute atomic E-state index is 0.279. The Kier molecular flexibility index (Phi) is 3.12. The van der Waals surface area contributed by atoms with Crippen LogP contribution in [0.1, 0.15) is 0 Å². The van der Waals surface area contributed by atoms with Crippen LogP contribution in [0.5, 0.6) is 5.75 Å². The molecule has 2 aromatic carbocycles. The summed E-state index contributed by atoms with van der Waals surface area (Å²) in [6.07, 6.45) is 3.95. The van der Waals surface area contributed by atoms with Crippen molar-refractivity contribution in [3.63, 3.8) is 0 Å². The van der Waals surface area contributed by atoms with E-state index in [0.29, 0.717) is 0 Å². The molecule has 0 amide bonds. The molecule has 4 heteroatoms. The molecule has 0 saturated carbocycles. The Morgan fingerprint density at radius 2 is 1.77 bits per heavy atom. The number of phenolic OH excluding ortho intramolecular Hbond substituents is 1. The Bertz CT molecular complexity index is 1210. The summed E-state index contributed by atoms with van der Waals surface area (Å²) in [5.41, 5.74) is 6.49. The predicted molar refractivity (Wildman–Crippen MR) is 105 cm³/mol. The van der Waals surface area contributed by atoms with Crippen molar-refractivity contribution in [3.05, 3.63) is 73.1 Å². The summed E-state index contributed by atoms with van der Waals surface area (Å²) < 4.78 is 2.14. The molecule has 3 aromatic heterocycles. The fourth-order valence-corrected chi connectivity index (χ4v) is 3.54. The van der Waals surface area contributed by atoms with E-state index in [4.69, 9.17) is 0 Å². The molecule has 2 N–H and O–H groups in total. The van der Waals surface area contributed by atoms with E-state index < -0.39 is 0 Å². The first-order valence-corrected chi connectivity index (χ1v) is 8.52. The second-order valence-corrected chi connectivity index (χ2v) is 6.56. The van der Waals surface area contributed by atoms with E-state index in [2.05, 4.69) is 58.1 Å². The molecule has 0 aliphatic rings. The minimum Gasteiger partial charge on any atom is -0.508 e. The van der Waals surface area contributed by atoms with Crippen LogP contribution in [0.2, 0.25) is 0 Å². The molecule has 0 aliphatic heterocycles. The number of hydrogen-bond donors (Lipinski definition) is 2. The summed E-state index contributed by atoms with van der Waals surface area (Å²) in [5, 5.41) is 11.8. The molecule has 5 aromatic rings. The summed E-state index contributed by atoms with van der Waals surface area (Å²) in [5.74, 6) is 0.279. The van der Waals surface area contributed by atoms with Crippen molar-refractivity contribution >= 4 is 21.9 Å². The highest BCUT2D eigenvalue weighted by Gasteiger charge is 2.12. The zero-order valence-electron chi connectivity index (χ0n) is 14.3. The number of nitrogens with zero attached hydrogens (tertiary/aromatic N) is 2. The molecule has 126 valence electrons. The summed E-state index contributed by atoms with van der Waals surface area (Å²) in [6, 6.07) is 19.9. The van der Waals surface area contributed by atoms with Gasteiger partial charge < -0.3 is 14.7 Å². The quantitative estimate of drug-likeness (QED) is 0.470. The maximum absolute atomic E-state index is 9.53. The highest BCUT2D eigenvalue weighted by atomic mass is 16.3. The van der Waals surface area contributed by atoms with E-state index in [1.165, 1.54) is 10.9 Å². The Labute approximate surface area is 150 Å². The van der Waals surface area contributed by atoms with Crippen LogP contribution in [0, 0.1) is 0 Å². The molecule has 0 unspecified atom stereocenters. The monoisotopic (exact) mass is 339 g/mol. The first-order chi connectivity index (χ1) is 12.7. The third kappa shape index (κ3) is 2.27. The van der Waals surface area contributed by atoms with Crippen molar-refractivity contribution in [2.45, 2.75) is 0 Å². The van der Waals surface area contributed by atoms with Gasteiger partial charge in [0.25, 0.3) is 0 Å². The highest BCUT2D eigenvalue weighted by molar-refractivity contribution is 5.99. The van der Waals surface area contributed by atoms with Crippen molar-refractivity contribution in [3.8, 4) is 28.1 Å². The molecule has 26 heavy (non-hydrogen) atoms. The topological polar surface area (TPSA) is 53.8 Å². The van der Waals surface area contributed by atoms with Crippen LogP contribution in [0.15, 0.2) is 73.1 Å². The molecule has 0 fully saturated rings. The fourth-order valence-electron chi connectivity index (χ4n) is 3.54. The summed E-state index contributed by atoms with van der Waals surface area (Å²) in [6.45, 7) is 0. The van der Waals surface area contributed by atoms with Crippen LogP contribution >= 0.6 is 0 Å². The lowest BCUT2D eigenvalue weighted by molar-refractivity contribution is 0.475. The Balaban J connectivity index is 1.72. The number of rotatable bonds is 2. The van der Waals surface area contributed by atoms with E-state index in [0.717, 1.165) is 33.4 Å². The first kappa shape index (κ1) is 14.8. The molecule has 0 saturated heterocycles. The maximum Gasteiger partial charge on any atom is 0.137 e. The van der Waals surface area contributed by atoms with Gasteiger partial charge in [-0.3, -0.25) is 0 Å². The highest BCUT2D eigenvalue weighted by Crippen LogP contribution is 2.34. The van der Waals surface area contributed by atoms with Gasteiger partial charge >= 0.3 is 0 Å². The Morgan fingerprint density at radius 1 is 0.962 bits per heavy atom. The van der Waals surface area contributed by atoms with E-state index in [9.17, 15) is 5.11 Å². The molecule has 3 heterocycles. The van der Waals surface area contributed by atoms with Gasteiger partial charge in [0.05, 0.1) is 0 Å². The van der Waals surface area contributed by atoms with Crippen molar-refractivity contribution in [1.29, 1.82) is 0 Å². The molecular weight excluding hydrogens is 322 g/mol. The van der Waals surface area contributed by atoms with Gasteiger partial charge in [0, 0.05) is 47.0 Å². The third-order valence-corrected chi connectivity index (χ3v) is 4.87. The van der Waals surface area contributed by atoms with E-state index in [1.807, 2.05) is 18.2 Å². The fraction of sp³-hybridized carbons (Fsp3) is 0.0455. The number of aromatic amines is 1. The molecule has 0 radical (unpaired) electrons. The summed E-state index contributed by atoms with van der Waals surface area (Å²) in [7, 11) is 2.06. The molecule has 0 spiro atoms. The van der Waals surface area contributed by atoms with Crippen molar-refractivity contribution in [2.75, 3.05) is 0 Å². The van der Waals surface area contributed by atoms with Crippen LogP contribution in [0.25, 0.3) is 44.3 Å². The smallest absolute Gasteiger partial charge is 0.137 e. The molecule has 0 aliphatic carbocycles. The minimum atomic E-state index is 0.279. The van der Waals surface area contributed by atoms with Crippen LogP contribution < -0.4 is 0 Å². The molecule has 0 atom stereocenters. The second kappa shape index (κ2) is 5.49. The number of H-pyrrole nitrogens is 1. The summed E-state index contributed by atoms with van der Waals surface area (Å²) in [4.78, 5) is 7.83. The lowest BCUT2D eigenvalue weighted by Crippen LogP contribution is -1.83. The third-order valence-electron chi connectivity index (χ3n) is 4.87. The zero-order chi connectivity index (χ0) is 17.7. The lowest BCUT2D eigenvalue weighted by Gasteiger charge is -2.04. The average Bonchev–Trinajstić information content (AvgIpc) is 3.23. The number of benzene rings is 2. The number of aromatic hydroxyl groups is 1. The van der Waals surface area contributed by atoms with E-state index >= 15 is 0 Å². The molecule has 5 rings (SSSR count). The predicted octanol–water partition coefficient (Wildman–Crippen LogP) is 5.09. The van der Waals surface area contributed by atoms with Crippen molar-refractivity contribution < 1.29 is 5.11 Å². The van der Waals surface area contributed by atoms with Gasteiger partial charge in [0.1, 0.15) is 11.4 Å². The second-order valence-electron chi connectivity index (χ2n) is 6.56. The van der Waals surface area contributed by atoms with E-state index in [1.54, 1.807) is 18.3 Å². The van der Waals surface area contributed by atoms with Gasteiger partial charge in [-0.1, -0.05) is 18.2 Å². The van der Waals surface area contributed by atoms with Gasteiger partial charge in [-0.15, -0.1) is 0 Å². The van der Waals surface area contributed by atoms with Crippen molar-refractivity contribution in [2.24, 2.45) is 7.05 Å². The van der Waals surface area contributed by atoms with Crippen LogP contribution in [-0.4, -0.2) is 19.6 Å². The SMILES string of the molecule is Cn1cc(-c2cc3cccnc3[nH]2)c2cc(-c3ccc(O)cc3)ccc21. The number of nitrogens with one attached hydrogen (secondary N) is 1. The van der Waals surface area contributed by atoms with Gasteiger partial charge in [0.2, 0.25) is 0 Å². The van der Waals surface area contributed by atoms with Gasteiger partial charge in [-0.05, 0) is 53.6 Å². The lowest BCUT2D eigenvalue weighted by atomic mass is 10.0. The standard InChI is InChI=1S/C22H17N3O/c1-25-13-19(20-12-16-3-2-10-23-22(16)24-20)18-11-15(6-9-21(18)25)14-4-7-17(26)8-5-14/h2-13,26H,1H3,(H,23,24). The summed E-state index contributed by atoms with van der Waals surface area (Å²) >= 11 is 0. The molecule has 4 nitrogen and oxygen atoms in total. The Hall–Kier alpha value is -3.53. The normalized spacial score (nSPS) is 11.4. The van der Waals surface area contributed by atoms with Crippen LogP contribution in [-0.2, 0) is 7.05 Å². The first-order valence-electron chi connectivity index (χ1n) is 8.52. The van der Waals surface area contributed by atoms with Crippen LogP contribution in [0.3, 0.4) is 0 Å². The number of aromatic nitrogens is 3. The van der Waals surface area contributed by atoms with Crippen LogP contribution in [0.4, 0.5) is 0 Å². The van der Waals surface area contributed by atoms with Crippen molar-refractivity contribution in [1.82, 2.24) is 14.5 Å². The van der Waals surface area contributed by atoms with E-state index in [-0.39, 0.29) is 5.75 Å². The van der Waals surface area contributed by atoms with Gasteiger partial charge in [-0.25, -0.2) is 4.98 Å².